The van der Waals surface area contributed by atoms with Crippen molar-refractivity contribution in [2.24, 2.45) is 0 Å². The molecule has 83 heavy (non-hydrogen) atoms. The average Bonchev–Trinajstić information content (AvgIpc) is 3.24. The molecule has 0 unspecified atom stereocenters. The summed E-state index contributed by atoms with van der Waals surface area (Å²) in [5, 5.41) is 0. The zero-order valence-corrected chi connectivity index (χ0v) is 36.5. The largest absolute Gasteiger partial charge is 0.460 e. The summed E-state index contributed by atoms with van der Waals surface area (Å²) < 4.78 is 707. The van der Waals surface area contributed by atoms with Crippen LogP contribution in [0.3, 0.4) is 0 Å². The van der Waals surface area contributed by atoms with Crippen LogP contribution in [-0.2, 0) is 4.57 Å². The number of rotatable bonds is 24. The predicted molar refractivity (Wildman–Crippen MR) is 157 cm³/mol. The summed E-state index contributed by atoms with van der Waals surface area (Å²) in [6.07, 6.45) is -35.5. The van der Waals surface area contributed by atoms with Crippen LogP contribution >= 0.6 is 7.14 Å². The maximum absolute atomic E-state index is 14.5. The topological polar surface area (TPSA) is 17.1 Å². The first-order chi connectivity index (χ1) is 34.9. The van der Waals surface area contributed by atoms with Gasteiger partial charge < -0.3 is 4.57 Å². The van der Waals surface area contributed by atoms with Crippen molar-refractivity contribution >= 4 is 7.14 Å². The van der Waals surface area contributed by atoms with Crippen LogP contribution in [0.2, 0.25) is 0 Å². The first-order valence-electron chi connectivity index (χ1n) is 17.7. The molecule has 0 aliphatic carbocycles. The van der Waals surface area contributed by atoms with E-state index in [1.54, 1.807) is 0 Å². The van der Waals surface area contributed by atoms with E-state index < -0.39 is 186 Å². The minimum absolute atomic E-state index is 2.88. The van der Waals surface area contributed by atoms with Crippen molar-refractivity contribution in [3.63, 3.8) is 0 Å². The van der Waals surface area contributed by atoms with Gasteiger partial charge in [0.25, 0.3) is 0 Å². The van der Waals surface area contributed by atoms with E-state index in [1.807, 2.05) is 0 Å². The van der Waals surface area contributed by atoms with E-state index in [0.717, 1.165) is 0 Å². The van der Waals surface area contributed by atoms with Crippen molar-refractivity contribution in [1.82, 2.24) is 0 Å². The smallest absolute Gasteiger partial charge is 0.311 e. The van der Waals surface area contributed by atoms with Crippen LogP contribution in [0.25, 0.3) is 0 Å². The van der Waals surface area contributed by atoms with Gasteiger partial charge in [-0.2, -0.15) is 224 Å². The number of halogens is 51. The third kappa shape index (κ3) is 10.6. The van der Waals surface area contributed by atoms with Crippen molar-refractivity contribution in [1.29, 1.82) is 0 Å². The minimum atomic E-state index is -9.78. The molecule has 0 aromatic carbocycles. The molecule has 0 fully saturated rings. The van der Waals surface area contributed by atoms with Gasteiger partial charge in [-0.1, -0.05) is 0 Å². The Bertz CT molecular complexity index is 2200. The van der Waals surface area contributed by atoms with Gasteiger partial charge in [-0.15, -0.1) is 0 Å². The van der Waals surface area contributed by atoms with E-state index in [-0.39, 0.29) is 0 Å². The molecule has 0 spiro atoms. The van der Waals surface area contributed by atoms with Gasteiger partial charge in [-0.05, 0) is 35.7 Å². The number of hydrogen-bond donors (Lipinski definition) is 0. The Morgan fingerprint density at radius 1 is 0.157 bits per heavy atom. The highest BCUT2D eigenvalue weighted by Gasteiger charge is 2.98. The van der Waals surface area contributed by atoms with Gasteiger partial charge in [0.1, 0.15) is 7.14 Å². The van der Waals surface area contributed by atoms with E-state index in [0.29, 0.717) is 0 Å². The summed E-state index contributed by atoms with van der Waals surface area (Å²) in [4.78, 5) is 0. The second-order valence-electron chi connectivity index (χ2n) is 15.4. The molecule has 53 heteroatoms. The molecule has 0 saturated heterocycles. The Labute approximate surface area is 415 Å². The quantitative estimate of drug-likeness (QED) is 0.0695. The van der Waals surface area contributed by atoms with Crippen molar-refractivity contribution in [2.45, 2.75) is 143 Å². The third-order valence-electron chi connectivity index (χ3n) is 9.79. The number of hydrogen-bond acceptors (Lipinski definition) is 1. The Kier molecular flexibility index (Phi) is 19.0. The van der Waals surface area contributed by atoms with Crippen LogP contribution < -0.4 is 0 Å². The normalized spacial score (nSPS) is 17.5. The van der Waals surface area contributed by atoms with Gasteiger partial charge in [-0.25, -0.2) is 0 Å². The molecule has 0 aliphatic rings. The molecule has 0 saturated carbocycles. The standard InChI is InChI=1S/C30H6F51OP/c31-7(32,10(37,38)13(43,44)16(49,50)19(55,56)22(61,62)25(67,68)28(73,74)75)1-4-83(82,5-2-8(33,34)11(39,40)14(45,46)17(51,52)20(57,58)23(63,64)26(69,70)29(76,77)78)6-3-9(35,36)12(41,42)15(47,48)18(53,54)21(59,60)24(65,66)27(71,72)30(79,80)81/h1-6H/b4-1+,5-2+,6-3+. The van der Waals surface area contributed by atoms with E-state index in [9.17, 15) is 228 Å². The molecule has 0 atom stereocenters. The molecule has 0 aromatic heterocycles. The molecule has 0 rings (SSSR count). The van der Waals surface area contributed by atoms with Crippen LogP contribution in [-0.4, -0.2) is 143 Å². The lowest BCUT2D eigenvalue weighted by molar-refractivity contribution is -0.459. The fourth-order valence-electron chi connectivity index (χ4n) is 4.62. The zero-order chi connectivity index (χ0) is 68.7. The Hall–Kier alpha value is -4.12. The lowest BCUT2D eigenvalue weighted by Crippen LogP contribution is -2.74. The van der Waals surface area contributed by atoms with E-state index in [1.165, 1.54) is 0 Å². The van der Waals surface area contributed by atoms with Crippen LogP contribution in [0.1, 0.15) is 0 Å². The van der Waals surface area contributed by atoms with Gasteiger partial charge in [0, 0.05) is 0 Å². The maximum Gasteiger partial charge on any atom is 0.460 e. The number of allylic oxidation sites excluding steroid dienone is 3. The van der Waals surface area contributed by atoms with Crippen LogP contribution in [0.4, 0.5) is 224 Å². The summed E-state index contributed by atoms with van der Waals surface area (Å²) in [5.74, 6) is -205. The molecule has 0 radical (unpaired) electrons. The van der Waals surface area contributed by atoms with Gasteiger partial charge >= 0.3 is 143 Å². The lowest BCUT2D eigenvalue weighted by Gasteiger charge is -2.42. The summed E-state index contributed by atoms with van der Waals surface area (Å²) in [7, 11) is -8.55. The van der Waals surface area contributed by atoms with Crippen molar-refractivity contribution in [2.75, 3.05) is 0 Å². The van der Waals surface area contributed by atoms with Crippen molar-refractivity contribution in [3.8, 4) is 0 Å². The molecule has 0 amide bonds. The zero-order valence-electron chi connectivity index (χ0n) is 35.6. The van der Waals surface area contributed by atoms with Gasteiger partial charge in [0.2, 0.25) is 0 Å². The highest BCUT2D eigenvalue weighted by atomic mass is 31.2. The summed E-state index contributed by atoms with van der Waals surface area (Å²) >= 11 is 0. The lowest BCUT2D eigenvalue weighted by atomic mass is 9.89. The van der Waals surface area contributed by atoms with Crippen molar-refractivity contribution in [3.05, 3.63) is 35.7 Å². The summed E-state index contributed by atoms with van der Waals surface area (Å²) in [6, 6.07) is 0. The van der Waals surface area contributed by atoms with Crippen LogP contribution in [0.5, 0.6) is 0 Å². The van der Waals surface area contributed by atoms with Crippen molar-refractivity contribution < 1.29 is 228 Å². The molecular formula is C30H6F51OP. The fourth-order valence-corrected chi connectivity index (χ4v) is 6.18. The fraction of sp³-hybridized carbons (Fsp3) is 0.800. The molecule has 0 bridgehead atoms. The van der Waals surface area contributed by atoms with Crippen LogP contribution in [0, 0.1) is 0 Å². The van der Waals surface area contributed by atoms with Crippen LogP contribution in [0.15, 0.2) is 35.7 Å². The third-order valence-corrected chi connectivity index (χ3v) is 11.6. The molecule has 0 N–H and O–H groups in total. The molecule has 0 heterocycles. The first kappa shape index (κ1) is 78.9. The summed E-state index contributed by atoms with van der Waals surface area (Å²) in [6.45, 7) is 0. The molecule has 0 aromatic rings. The van der Waals surface area contributed by atoms with E-state index >= 15 is 0 Å². The second-order valence-corrected chi connectivity index (χ2v) is 17.8. The predicted octanol–water partition coefficient (Wildman–Crippen LogP) is 18.9. The molecule has 1 nitrogen and oxygen atoms in total. The Morgan fingerprint density at radius 2 is 0.253 bits per heavy atom. The molecular weight excluding hydrogens is 1380 g/mol. The Balaban J connectivity index is 8.95. The van der Waals surface area contributed by atoms with Gasteiger partial charge in [0.05, 0.1) is 0 Å². The van der Waals surface area contributed by atoms with E-state index in [2.05, 4.69) is 0 Å². The molecule has 494 valence electrons. The highest BCUT2D eigenvalue weighted by molar-refractivity contribution is 7.73. The number of alkyl halides is 51. The van der Waals surface area contributed by atoms with Gasteiger partial charge in [-0.3, -0.25) is 0 Å². The second kappa shape index (κ2) is 20.0. The maximum atomic E-state index is 14.5. The first-order valence-corrected chi connectivity index (χ1v) is 19.6. The average molecular weight is 1380 g/mol. The minimum Gasteiger partial charge on any atom is -0.311 e. The SMILES string of the molecule is O=P(/C=C/C(F)(F)C(F)(F)C(F)(F)C(F)(F)C(F)(F)C(F)(F)C(F)(F)C(F)(F)F)(/C=C/C(F)(F)C(F)(F)C(F)(F)C(F)(F)C(F)(F)C(F)(F)C(F)(F)C(F)(F)F)/C=C/C(F)(F)C(F)(F)C(F)(F)C(F)(F)C(F)(F)C(F)(F)C(F)(F)C(F)(F)F. The highest BCUT2D eigenvalue weighted by Crippen LogP contribution is 2.69. The van der Waals surface area contributed by atoms with Gasteiger partial charge in [0.15, 0.2) is 0 Å². The Morgan fingerprint density at radius 3 is 0.361 bits per heavy atom. The molecule has 0 aliphatic heterocycles. The monoisotopic (exact) mass is 1380 g/mol. The summed E-state index contributed by atoms with van der Waals surface area (Å²) in [5.41, 5.74) is 0. The van der Waals surface area contributed by atoms with E-state index in [4.69, 9.17) is 0 Å².